The molecule has 32 heavy (non-hydrogen) atoms. The van der Waals surface area contributed by atoms with Crippen LogP contribution in [0, 0.1) is 11.7 Å². The molecule has 2 heterocycles. The molecule has 0 spiro atoms. The van der Waals surface area contributed by atoms with Crippen molar-refractivity contribution in [3.05, 3.63) is 53.3 Å². The molecule has 1 saturated heterocycles. The normalized spacial score (nSPS) is 22.3. The number of hydrogen-bond acceptors (Lipinski definition) is 6. The fraction of sp³-hybridized carbons (Fsp3) is 0.458. The zero-order valence-electron chi connectivity index (χ0n) is 18.3. The first-order chi connectivity index (χ1) is 15.5. The zero-order valence-corrected chi connectivity index (χ0v) is 18.3. The van der Waals surface area contributed by atoms with Crippen molar-refractivity contribution in [2.24, 2.45) is 5.92 Å². The lowest BCUT2D eigenvalue weighted by atomic mass is 9.82. The first-order valence-corrected chi connectivity index (χ1v) is 10.9. The summed E-state index contributed by atoms with van der Waals surface area (Å²) >= 11 is 0. The van der Waals surface area contributed by atoms with Crippen molar-refractivity contribution in [1.29, 1.82) is 0 Å². The molecule has 0 saturated carbocycles. The summed E-state index contributed by atoms with van der Waals surface area (Å²) < 4.78 is 30.5. The van der Waals surface area contributed by atoms with Gasteiger partial charge in [-0.05, 0) is 48.4 Å². The third-order valence-corrected chi connectivity index (χ3v) is 6.23. The van der Waals surface area contributed by atoms with E-state index in [0.29, 0.717) is 30.2 Å². The average molecular weight is 445 g/mol. The van der Waals surface area contributed by atoms with E-state index in [9.17, 15) is 14.3 Å². The SMILES string of the molecule is CCCNCCN1C[C@H](c2ccc3c(c2)OCO3)[C@@H](C(=O)O)[C@@H]1c1ccc(OC)c(F)c1. The van der Waals surface area contributed by atoms with E-state index in [4.69, 9.17) is 14.2 Å². The minimum Gasteiger partial charge on any atom is -0.494 e. The second kappa shape index (κ2) is 9.75. The Hall–Kier alpha value is -2.84. The highest BCUT2D eigenvalue weighted by atomic mass is 19.1. The summed E-state index contributed by atoms with van der Waals surface area (Å²) in [5.41, 5.74) is 1.51. The molecule has 2 aromatic carbocycles. The highest BCUT2D eigenvalue weighted by Gasteiger charge is 2.47. The van der Waals surface area contributed by atoms with Crippen molar-refractivity contribution in [3.8, 4) is 17.2 Å². The lowest BCUT2D eigenvalue weighted by molar-refractivity contribution is -0.143. The van der Waals surface area contributed by atoms with E-state index in [1.54, 1.807) is 12.1 Å². The Kier molecular flexibility index (Phi) is 6.81. The number of fused-ring (bicyclic) bond motifs is 1. The number of hydrogen-bond donors (Lipinski definition) is 2. The van der Waals surface area contributed by atoms with E-state index in [0.717, 1.165) is 25.1 Å². The number of halogens is 1. The number of likely N-dealkylation sites (tertiary alicyclic amines) is 1. The molecule has 0 amide bonds. The minimum atomic E-state index is -0.905. The van der Waals surface area contributed by atoms with Crippen molar-refractivity contribution in [1.82, 2.24) is 10.2 Å². The van der Waals surface area contributed by atoms with Crippen LogP contribution in [0.5, 0.6) is 17.2 Å². The van der Waals surface area contributed by atoms with E-state index in [2.05, 4.69) is 17.1 Å². The number of carboxylic acids is 1. The summed E-state index contributed by atoms with van der Waals surface area (Å²) in [4.78, 5) is 14.7. The monoisotopic (exact) mass is 444 g/mol. The number of ether oxygens (including phenoxy) is 3. The van der Waals surface area contributed by atoms with Crippen LogP contribution in [0.4, 0.5) is 4.39 Å². The largest absolute Gasteiger partial charge is 0.494 e. The summed E-state index contributed by atoms with van der Waals surface area (Å²) in [6, 6.07) is 9.85. The highest BCUT2D eigenvalue weighted by Crippen LogP contribution is 2.47. The van der Waals surface area contributed by atoms with E-state index in [1.165, 1.54) is 13.2 Å². The number of nitrogens with zero attached hydrogens (tertiary/aromatic N) is 1. The van der Waals surface area contributed by atoms with E-state index in [1.807, 2.05) is 18.2 Å². The lowest BCUT2D eigenvalue weighted by Gasteiger charge is -2.27. The van der Waals surface area contributed by atoms with Crippen molar-refractivity contribution in [2.45, 2.75) is 25.3 Å². The molecule has 7 nitrogen and oxygen atoms in total. The lowest BCUT2D eigenvalue weighted by Crippen LogP contribution is -2.34. The maximum atomic E-state index is 14.5. The molecule has 0 radical (unpaired) electrons. The van der Waals surface area contributed by atoms with Gasteiger partial charge in [0.25, 0.3) is 0 Å². The molecule has 1 fully saturated rings. The maximum Gasteiger partial charge on any atom is 0.309 e. The predicted octanol–water partition coefficient (Wildman–Crippen LogP) is 3.40. The number of benzene rings is 2. The number of carboxylic acid groups (broad SMARTS) is 1. The van der Waals surface area contributed by atoms with Crippen molar-refractivity contribution < 1.29 is 28.5 Å². The predicted molar refractivity (Wildman–Crippen MR) is 117 cm³/mol. The van der Waals surface area contributed by atoms with E-state index >= 15 is 0 Å². The van der Waals surface area contributed by atoms with E-state index < -0.39 is 23.7 Å². The van der Waals surface area contributed by atoms with Gasteiger partial charge in [-0.25, -0.2) is 4.39 Å². The van der Waals surface area contributed by atoms with Gasteiger partial charge in [0, 0.05) is 31.6 Å². The van der Waals surface area contributed by atoms with Crippen LogP contribution in [-0.2, 0) is 4.79 Å². The van der Waals surface area contributed by atoms with Gasteiger partial charge >= 0.3 is 5.97 Å². The van der Waals surface area contributed by atoms with Crippen LogP contribution >= 0.6 is 0 Å². The quantitative estimate of drug-likeness (QED) is 0.574. The molecule has 172 valence electrons. The third-order valence-electron chi connectivity index (χ3n) is 6.23. The molecule has 0 aliphatic carbocycles. The molecule has 4 rings (SSSR count). The van der Waals surface area contributed by atoms with Crippen LogP contribution in [-0.4, -0.2) is 56.1 Å². The Morgan fingerprint density at radius 1 is 1.19 bits per heavy atom. The zero-order chi connectivity index (χ0) is 22.7. The van der Waals surface area contributed by atoms with E-state index in [-0.39, 0.29) is 18.5 Å². The Bertz CT molecular complexity index is 969. The topological polar surface area (TPSA) is 80.3 Å². The van der Waals surface area contributed by atoms with Gasteiger partial charge in [0.05, 0.1) is 13.0 Å². The van der Waals surface area contributed by atoms with Gasteiger partial charge < -0.3 is 24.6 Å². The first kappa shape index (κ1) is 22.4. The second-order valence-corrected chi connectivity index (χ2v) is 8.17. The standard InChI is InChI=1S/C24H29FN2O5/c1-3-8-26-9-10-27-13-17(15-4-7-20-21(12-15)32-14-31-20)22(24(28)29)23(27)16-5-6-19(30-2)18(25)11-16/h4-7,11-12,17,22-23,26H,3,8-10,13-14H2,1-2H3,(H,28,29)/t17-,22-,23+/m1/s1. The van der Waals surface area contributed by atoms with Gasteiger partial charge in [-0.2, -0.15) is 0 Å². The second-order valence-electron chi connectivity index (χ2n) is 8.17. The van der Waals surface area contributed by atoms with Gasteiger partial charge in [0.1, 0.15) is 0 Å². The van der Waals surface area contributed by atoms with Crippen molar-refractivity contribution in [2.75, 3.05) is 40.1 Å². The van der Waals surface area contributed by atoms with Crippen LogP contribution in [0.3, 0.4) is 0 Å². The van der Waals surface area contributed by atoms with Crippen LogP contribution in [0.15, 0.2) is 36.4 Å². The van der Waals surface area contributed by atoms with Crippen molar-refractivity contribution in [3.63, 3.8) is 0 Å². The third kappa shape index (κ3) is 4.38. The summed E-state index contributed by atoms with van der Waals surface area (Å²) in [6.07, 6.45) is 1.02. The van der Waals surface area contributed by atoms with Gasteiger partial charge in [-0.1, -0.05) is 19.1 Å². The van der Waals surface area contributed by atoms with Crippen LogP contribution < -0.4 is 19.5 Å². The number of nitrogens with one attached hydrogen (secondary N) is 1. The molecule has 2 N–H and O–H groups in total. The molecule has 3 atom stereocenters. The van der Waals surface area contributed by atoms with Gasteiger partial charge in [0.2, 0.25) is 6.79 Å². The summed E-state index contributed by atoms with van der Waals surface area (Å²) in [5, 5.41) is 13.6. The fourth-order valence-corrected chi connectivity index (χ4v) is 4.73. The summed E-state index contributed by atoms with van der Waals surface area (Å²) in [5.74, 6) is -0.989. The van der Waals surface area contributed by atoms with Gasteiger partial charge in [0.15, 0.2) is 23.1 Å². The maximum absolute atomic E-state index is 14.5. The van der Waals surface area contributed by atoms with Gasteiger partial charge in [-0.15, -0.1) is 0 Å². The molecule has 0 aromatic heterocycles. The molecule has 2 aliphatic heterocycles. The number of aliphatic carboxylic acids is 1. The number of rotatable bonds is 9. The van der Waals surface area contributed by atoms with Crippen LogP contribution in [0.1, 0.15) is 36.4 Å². The summed E-state index contributed by atoms with van der Waals surface area (Å²) in [7, 11) is 1.41. The summed E-state index contributed by atoms with van der Waals surface area (Å²) in [6.45, 7) is 5.08. The molecular formula is C24H29FN2O5. The van der Waals surface area contributed by atoms with Gasteiger partial charge in [-0.3, -0.25) is 9.69 Å². The Labute approximate surface area is 187 Å². The number of methoxy groups -OCH3 is 1. The van der Waals surface area contributed by atoms with Crippen molar-refractivity contribution >= 4 is 5.97 Å². The van der Waals surface area contributed by atoms with Crippen LogP contribution in [0.2, 0.25) is 0 Å². The van der Waals surface area contributed by atoms with Crippen LogP contribution in [0.25, 0.3) is 0 Å². The first-order valence-electron chi connectivity index (χ1n) is 10.9. The Morgan fingerprint density at radius 2 is 1.97 bits per heavy atom. The molecule has 2 aromatic rings. The number of carbonyl (C=O) groups is 1. The smallest absolute Gasteiger partial charge is 0.309 e. The molecule has 8 heteroatoms. The molecule has 0 bridgehead atoms. The highest BCUT2D eigenvalue weighted by molar-refractivity contribution is 5.74. The Morgan fingerprint density at radius 3 is 2.69 bits per heavy atom. The Balaban J connectivity index is 1.69. The average Bonchev–Trinajstić information content (AvgIpc) is 3.40. The molecular weight excluding hydrogens is 415 g/mol. The molecule has 0 unspecified atom stereocenters. The fourth-order valence-electron chi connectivity index (χ4n) is 4.73. The minimum absolute atomic E-state index is 0.141. The molecule has 2 aliphatic rings.